The zero-order valence-corrected chi connectivity index (χ0v) is 17.4. The molecule has 14 heteroatoms. The van der Waals surface area contributed by atoms with Gasteiger partial charge in [-0.2, -0.15) is 0 Å². The van der Waals surface area contributed by atoms with Crippen LogP contribution >= 0.6 is 23.1 Å². The Morgan fingerprint density at radius 2 is 2.27 bits per heavy atom. The molecule has 160 valence electrons. The second kappa shape index (κ2) is 8.31. The molecule has 1 unspecified atom stereocenters. The summed E-state index contributed by atoms with van der Waals surface area (Å²) in [5.41, 5.74) is 5.58. The molecule has 0 aromatic carbocycles. The van der Waals surface area contributed by atoms with E-state index in [1.807, 2.05) is 0 Å². The Labute approximate surface area is 178 Å². The third kappa shape index (κ3) is 3.82. The number of aliphatic carboxylic acids is 1. The van der Waals surface area contributed by atoms with Crippen LogP contribution in [-0.4, -0.2) is 64.0 Å². The van der Waals surface area contributed by atoms with Crippen molar-refractivity contribution < 1.29 is 33.9 Å². The van der Waals surface area contributed by atoms with Gasteiger partial charge in [0.15, 0.2) is 10.0 Å². The minimum Gasteiger partial charge on any atom is -0.477 e. The highest BCUT2D eigenvalue weighted by Gasteiger charge is 2.57. The number of hydrogen-bond acceptors (Lipinski definition) is 11. The minimum absolute atomic E-state index is 0.0380. The molecule has 2 amide bonds. The van der Waals surface area contributed by atoms with Crippen molar-refractivity contribution in [1.82, 2.24) is 15.2 Å². The molecule has 0 aliphatic carbocycles. The predicted molar refractivity (Wildman–Crippen MR) is 106 cm³/mol. The zero-order valence-electron chi connectivity index (χ0n) is 15.8. The number of nitrogen functional groups attached to an aromatic ring is 1. The van der Waals surface area contributed by atoms with Gasteiger partial charge in [-0.25, -0.2) is 9.78 Å². The molecule has 4 N–H and O–H groups in total. The average Bonchev–Trinajstić information content (AvgIpc) is 3.10. The molecule has 3 heterocycles. The average molecular weight is 455 g/mol. The lowest BCUT2D eigenvalue weighted by Crippen LogP contribution is -2.61. The van der Waals surface area contributed by atoms with Crippen LogP contribution in [-0.2, 0) is 33.6 Å². The first kappa shape index (κ1) is 21.6. The SMILES string of the molecule is CON=CC(=O)NC1(c2csc(N)n2)S[C@H]2CC(=O)N2C(C(=O)O)=C1COC(C)=O. The van der Waals surface area contributed by atoms with Gasteiger partial charge >= 0.3 is 11.9 Å². The Bertz CT molecular complexity index is 975. The topological polar surface area (TPSA) is 174 Å². The summed E-state index contributed by atoms with van der Waals surface area (Å²) in [6.07, 6.45) is 0.923. The van der Waals surface area contributed by atoms with E-state index in [-0.39, 0.29) is 28.5 Å². The van der Waals surface area contributed by atoms with Crippen LogP contribution in [0.4, 0.5) is 5.13 Å². The van der Waals surface area contributed by atoms with Gasteiger partial charge in [0.05, 0.1) is 17.5 Å². The molecule has 0 spiro atoms. The molecule has 2 atom stereocenters. The van der Waals surface area contributed by atoms with Crippen molar-refractivity contribution in [3.63, 3.8) is 0 Å². The summed E-state index contributed by atoms with van der Waals surface area (Å²) in [6, 6.07) is 0. The minimum atomic E-state index is -1.57. The molecule has 3 rings (SSSR count). The number of nitrogens with zero attached hydrogens (tertiary/aromatic N) is 3. The number of nitrogens with one attached hydrogen (secondary N) is 1. The van der Waals surface area contributed by atoms with E-state index in [9.17, 15) is 24.3 Å². The molecule has 1 aromatic rings. The number of aromatic nitrogens is 1. The number of fused-ring (bicyclic) bond motifs is 1. The van der Waals surface area contributed by atoms with E-state index < -0.39 is 40.6 Å². The fraction of sp³-hybridized carbons (Fsp3) is 0.375. The van der Waals surface area contributed by atoms with Crippen molar-refractivity contribution in [3.05, 3.63) is 22.3 Å². The van der Waals surface area contributed by atoms with Crippen LogP contribution < -0.4 is 11.1 Å². The maximum Gasteiger partial charge on any atom is 0.352 e. The molecule has 0 saturated carbocycles. The first-order valence-electron chi connectivity index (χ1n) is 8.40. The van der Waals surface area contributed by atoms with E-state index in [1.54, 1.807) is 5.38 Å². The number of carbonyl (C=O) groups is 4. The zero-order chi connectivity index (χ0) is 22.1. The monoisotopic (exact) mass is 455 g/mol. The van der Waals surface area contributed by atoms with E-state index >= 15 is 0 Å². The summed E-state index contributed by atoms with van der Waals surface area (Å²) in [5.74, 6) is -3.21. The highest BCUT2D eigenvalue weighted by atomic mass is 32.2. The lowest BCUT2D eigenvalue weighted by atomic mass is 9.97. The van der Waals surface area contributed by atoms with E-state index in [1.165, 1.54) is 7.11 Å². The molecule has 0 radical (unpaired) electrons. The lowest BCUT2D eigenvalue weighted by Gasteiger charge is -2.51. The van der Waals surface area contributed by atoms with Gasteiger partial charge in [0, 0.05) is 17.9 Å². The number of anilines is 1. The first-order chi connectivity index (χ1) is 14.2. The second-order valence-corrected chi connectivity index (χ2v) is 8.39. The molecule has 12 nitrogen and oxygen atoms in total. The van der Waals surface area contributed by atoms with Crippen LogP contribution in [0.15, 0.2) is 21.8 Å². The number of esters is 1. The van der Waals surface area contributed by atoms with Gasteiger partial charge in [0.1, 0.15) is 25.6 Å². The number of amides is 2. The number of β-lactam (4-membered cyclic amide) rings is 1. The molecular formula is C16H17N5O7S2. The second-order valence-electron chi connectivity index (χ2n) is 6.11. The summed E-state index contributed by atoms with van der Waals surface area (Å²) >= 11 is 2.17. The molecular weight excluding hydrogens is 438 g/mol. The Morgan fingerprint density at radius 1 is 1.53 bits per heavy atom. The number of carbonyl (C=O) groups excluding carboxylic acids is 3. The van der Waals surface area contributed by atoms with Crippen molar-refractivity contribution in [3.8, 4) is 0 Å². The van der Waals surface area contributed by atoms with Crippen LogP contribution in [0.3, 0.4) is 0 Å². The molecule has 30 heavy (non-hydrogen) atoms. The Morgan fingerprint density at radius 3 is 2.80 bits per heavy atom. The summed E-state index contributed by atoms with van der Waals surface area (Å²) in [5, 5.41) is 17.1. The number of thiazole rings is 1. The standard InChI is InChI=1S/C16H17N5O7S2/c1-7(22)28-5-8-13(14(25)26)21-11(24)3-12(21)30-16(8,9-6-29-15(17)19-9)20-10(23)4-18-27-2/h4,6,12H,3,5H2,1-2H3,(H2,17,19)(H,20,23)(H,25,26)/t12-,16?/m0/s1. The van der Waals surface area contributed by atoms with Crippen molar-refractivity contribution in [1.29, 1.82) is 0 Å². The van der Waals surface area contributed by atoms with E-state index in [0.29, 0.717) is 0 Å². The van der Waals surface area contributed by atoms with Gasteiger partial charge in [-0.1, -0.05) is 16.9 Å². The van der Waals surface area contributed by atoms with Gasteiger partial charge in [-0.3, -0.25) is 19.3 Å². The lowest BCUT2D eigenvalue weighted by molar-refractivity contribution is -0.146. The largest absolute Gasteiger partial charge is 0.477 e. The quantitative estimate of drug-likeness (QED) is 0.217. The smallest absolute Gasteiger partial charge is 0.352 e. The molecule has 1 saturated heterocycles. The number of hydrogen-bond donors (Lipinski definition) is 3. The van der Waals surface area contributed by atoms with E-state index in [4.69, 9.17) is 10.5 Å². The summed E-state index contributed by atoms with van der Waals surface area (Å²) in [6.45, 7) is 0.653. The summed E-state index contributed by atoms with van der Waals surface area (Å²) < 4.78 is 5.07. The first-order valence-corrected chi connectivity index (χ1v) is 10.2. The molecule has 2 aliphatic heterocycles. The van der Waals surface area contributed by atoms with Crippen LogP contribution in [0.1, 0.15) is 19.0 Å². The number of thioether (sulfide) groups is 1. The summed E-state index contributed by atoms with van der Waals surface area (Å²) in [7, 11) is 1.25. The van der Waals surface area contributed by atoms with Crippen molar-refractivity contribution in [2.45, 2.75) is 23.6 Å². The fourth-order valence-electron chi connectivity index (χ4n) is 3.05. The van der Waals surface area contributed by atoms with E-state index in [2.05, 4.69) is 20.3 Å². The Hall–Kier alpha value is -3.13. The summed E-state index contributed by atoms with van der Waals surface area (Å²) in [4.78, 5) is 56.5. The van der Waals surface area contributed by atoms with Gasteiger partial charge in [0.25, 0.3) is 5.91 Å². The molecule has 1 aromatic heterocycles. The Kier molecular flexibility index (Phi) is 5.98. The van der Waals surface area contributed by atoms with Crippen molar-refractivity contribution >= 4 is 58.2 Å². The normalized spacial score (nSPS) is 23.1. The highest BCUT2D eigenvalue weighted by molar-refractivity contribution is 8.01. The Balaban J connectivity index is 2.22. The van der Waals surface area contributed by atoms with Crippen LogP contribution in [0.2, 0.25) is 0 Å². The maximum atomic E-state index is 12.5. The molecule has 2 aliphatic rings. The molecule has 0 bridgehead atoms. The van der Waals surface area contributed by atoms with Gasteiger partial charge < -0.3 is 25.7 Å². The van der Waals surface area contributed by atoms with Crippen LogP contribution in [0.5, 0.6) is 0 Å². The third-order valence-corrected chi connectivity index (χ3v) is 6.48. The number of carboxylic acid groups (broad SMARTS) is 1. The number of carboxylic acids is 1. The maximum absolute atomic E-state index is 12.5. The number of oxime groups is 1. The third-order valence-electron chi connectivity index (χ3n) is 4.25. The van der Waals surface area contributed by atoms with Gasteiger partial charge in [-0.05, 0) is 0 Å². The van der Waals surface area contributed by atoms with Crippen molar-refractivity contribution in [2.24, 2.45) is 5.16 Å². The fourth-order valence-corrected chi connectivity index (χ4v) is 5.39. The predicted octanol–water partition coefficient (Wildman–Crippen LogP) is -0.167. The number of ether oxygens (including phenoxy) is 1. The van der Waals surface area contributed by atoms with E-state index in [0.717, 1.165) is 41.1 Å². The van der Waals surface area contributed by atoms with Gasteiger partial charge in [0.2, 0.25) is 5.91 Å². The highest BCUT2D eigenvalue weighted by Crippen LogP contribution is 2.54. The number of rotatable bonds is 7. The van der Waals surface area contributed by atoms with Gasteiger partial charge in [-0.15, -0.1) is 11.3 Å². The van der Waals surface area contributed by atoms with Crippen LogP contribution in [0, 0.1) is 0 Å². The molecule has 1 fully saturated rings. The van der Waals surface area contributed by atoms with Crippen LogP contribution in [0.25, 0.3) is 0 Å². The number of nitrogens with two attached hydrogens (primary N) is 1. The van der Waals surface area contributed by atoms with Crippen molar-refractivity contribution in [2.75, 3.05) is 19.5 Å².